The van der Waals surface area contributed by atoms with Crippen LogP contribution in [-0.2, 0) is 0 Å². The molecule has 0 aliphatic carbocycles. The van der Waals surface area contributed by atoms with Gasteiger partial charge < -0.3 is 11.1 Å². The van der Waals surface area contributed by atoms with Crippen LogP contribution in [0.25, 0.3) is 10.1 Å². The Morgan fingerprint density at radius 2 is 2.40 bits per heavy atom. The quantitative estimate of drug-likeness (QED) is 0.833. The molecular weight excluding hydrogens is 206 g/mol. The maximum Gasteiger partial charge on any atom is 0.134 e. The van der Waals surface area contributed by atoms with Gasteiger partial charge in [-0.1, -0.05) is 0 Å². The van der Waals surface area contributed by atoms with Crippen LogP contribution in [-0.4, -0.2) is 17.6 Å². The third-order valence-corrected chi connectivity index (χ3v) is 3.15. The second kappa shape index (κ2) is 4.59. The Hall–Kier alpha value is -1.13. The smallest absolute Gasteiger partial charge is 0.134 e. The molecule has 0 aliphatic heterocycles. The average Bonchev–Trinajstić information content (AvgIpc) is 2.65. The van der Waals surface area contributed by atoms with Crippen molar-refractivity contribution >= 4 is 27.2 Å². The van der Waals surface area contributed by atoms with Crippen LogP contribution in [0, 0.1) is 0 Å². The Morgan fingerprint density at radius 1 is 1.53 bits per heavy atom. The summed E-state index contributed by atoms with van der Waals surface area (Å²) in [4.78, 5) is 4.33. The number of pyridine rings is 1. The molecular formula is C11H15N3S. The summed E-state index contributed by atoms with van der Waals surface area (Å²) in [6.07, 6.45) is 2.80. The number of hydrogen-bond donors (Lipinski definition) is 2. The zero-order chi connectivity index (χ0) is 10.7. The maximum atomic E-state index is 5.69. The molecule has 0 saturated heterocycles. The Bertz CT molecular complexity index is 436. The first-order valence-electron chi connectivity index (χ1n) is 5.09. The summed E-state index contributed by atoms with van der Waals surface area (Å²) in [5.74, 6) is 0.967. The molecule has 1 atom stereocenters. The highest BCUT2D eigenvalue weighted by molar-refractivity contribution is 7.17. The number of anilines is 1. The lowest BCUT2D eigenvalue weighted by Crippen LogP contribution is -2.19. The van der Waals surface area contributed by atoms with Crippen molar-refractivity contribution in [2.75, 3.05) is 11.9 Å². The summed E-state index contributed by atoms with van der Waals surface area (Å²) in [5.41, 5.74) is 5.69. The molecule has 0 amide bonds. The van der Waals surface area contributed by atoms with Gasteiger partial charge in [0.05, 0.1) is 0 Å². The highest BCUT2D eigenvalue weighted by Crippen LogP contribution is 2.25. The predicted octanol–water partition coefficient (Wildman–Crippen LogP) is 2.45. The second-order valence-electron chi connectivity index (χ2n) is 3.68. The first kappa shape index (κ1) is 10.4. The van der Waals surface area contributed by atoms with Crippen LogP contribution in [0.4, 0.5) is 5.82 Å². The van der Waals surface area contributed by atoms with Crippen molar-refractivity contribution in [2.24, 2.45) is 5.73 Å². The summed E-state index contributed by atoms with van der Waals surface area (Å²) in [6.45, 7) is 2.89. The zero-order valence-electron chi connectivity index (χ0n) is 8.73. The maximum absolute atomic E-state index is 5.69. The van der Waals surface area contributed by atoms with E-state index in [-0.39, 0.29) is 6.04 Å². The number of nitrogens with zero attached hydrogens (tertiary/aromatic N) is 1. The number of aromatic nitrogens is 1. The summed E-state index contributed by atoms with van der Waals surface area (Å²) in [6, 6.07) is 4.37. The van der Waals surface area contributed by atoms with Crippen molar-refractivity contribution in [2.45, 2.75) is 19.4 Å². The lowest BCUT2D eigenvalue weighted by molar-refractivity contribution is 0.689. The summed E-state index contributed by atoms with van der Waals surface area (Å²) in [5, 5.41) is 6.61. The van der Waals surface area contributed by atoms with Gasteiger partial charge in [0.1, 0.15) is 5.82 Å². The van der Waals surface area contributed by atoms with Crippen molar-refractivity contribution in [3.8, 4) is 0 Å². The first-order chi connectivity index (χ1) is 7.27. The van der Waals surface area contributed by atoms with Gasteiger partial charge in [0.2, 0.25) is 0 Å². The predicted molar refractivity (Wildman–Crippen MR) is 66.4 cm³/mol. The molecule has 0 radical (unpaired) electrons. The molecule has 0 spiro atoms. The SMILES string of the molecule is CC(N)CCNc1nccc2sccc12. The van der Waals surface area contributed by atoms with Gasteiger partial charge in [0.15, 0.2) is 0 Å². The van der Waals surface area contributed by atoms with E-state index in [0.717, 1.165) is 18.8 Å². The first-order valence-corrected chi connectivity index (χ1v) is 5.97. The molecule has 0 saturated carbocycles. The number of rotatable bonds is 4. The monoisotopic (exact) mass is 221 g/mol. The normalized spacial score (nSPS) is 12.9. The van der Waals surface area contributed by atoms with E-state index < -0.39 is 0 Å². The van der Waals surface area contributed by atoms with Crippen LogP contribution in [0.5, 0.6) is 0 Å². The van der Waals surface area contributed by atoms with Gasteiger partial charge in [-0.15, -0.1) is 11.3 Å². The average molecular weight is 221 g/mol. The minimum Gasteiger partial charge on any atom is -0.369 e. The third kappa shape index (κ3) is 2.46. The van der Waals surface area contributed by atoms with E-state index in [4.69, 9.17) is 5.73 Å². The van der Waals surface area contributed by atoms with Gasteiger partial charge in [-0.05, 0) is 30.9 Å². The van der Waals surface area contributed by atoms with Gasteiger partial charge in [0.25, 0.3) is 0 Å². The van der Waals surface area contributed by atoms with E-state index in [1.807, 2.05) is 19.2 Å². The molecule has 80 valence electrons. The molecule has 2 rings (SSSR count). The Morgan fingerprint density at radius 3 is 3.20 bits per heavy atom. The molecule has 0 bridgehead atoms. The highest BCUT2D eigenvalue weighted by Gasteiger charge is 2.02. The molecule has 2 heterocycles. The van der Waals surface area contributed by atoms with Crippen LogP contribution >= 0.6 is 11.3 Å². The van der Waals surface area contributed by atoms with Gasteiger partial charge >= 0.3 is 0 Å². The summed E-state index contributed by atoms with van der Waals surface area (Å²) < 4.78 is 1.27. The van der Waals surface area contributed by atoms with Crippen molar-refractivity contribution in [1.29, 1.82) is 0 Å². The van der Waals surface area contributed by atoms with Crippen LogP contribution in [0.3, 0.4) is 0 Å². The molecule has 1 unspecified atom stereocenters. The zero-order valence-corrected chi connectivity index (χ0v) is 9.55. The molecule has 3 nitrogen and oxygen atoms in total. The lowest BCUT2D eigenvalue weighted by Gasteiger charge is -2.08. The van der Waals surface area contributed by atoms with Crippen LogP contribution in [0.1, 0.15) is 13.3 Å². The van der Waals surface area contributed by atoms with Gasteiger partial charge in [-0.3, -0.25) is 0 Å². The fourth-order valence-corrected chi connectivity index (χ4v) is 2.24. The van der Waals surface area contributed by atoms with E-state index in [1.165, 1.54) is 10.1 Å². The molecule has 0 fully saturated rings. The van der Waals surface area contributed by atoms with Crippen molar-refractivity contribution in [1.82, 2.24) is 4.98 Å². The number of nitrogens with one attached hydrogen (secondary N) is 1. The summed E-state index contributed by atoms with van der Waals surface area (Å²) >= 11 is 1.74. The minimum atomic E-state index is 0.235. The summed E-state index contributed by atoms with van der Waals surface area (Å²) in [7, 11) is 0. The van der Waals surface area contributed by atoms with E-state index >= 15 is 0 Å². The molecule has 4 heteroatoms. The number of hydrogen-bond acceptors (Lipinski definition) is 4. The van der Waals surface area contributed by atoms with Gasteiger partial charge in [0, 0.05) is 28.9 Å². The Balaban J connectivity index is 2.10. The molecule has 2 aromatic rings. The fourth-order valence-electron chi connectivity index (χ4n) is 1.45. The van der Waals surface area contributed by atoms with E-state index in [9.17, 15) is 0 Å². The second-order valence-corrected chi connectivity index (χ2v) is 4.63. The van der Waals surface area contributed by atoms with Gasteiger partial charge in [-0.2, -0.15) is 0 Å². The third-order valence-electron chi connectivity index (χ3n) is 2.27. The van der Waals surface area contributed by atoms with Gasteiger partial charge in [-0.25, -0.2) is 4.98 Å². The standard InChI is InChI=1S/C11H15N3S/c1-8(12)2-5-13-11-9-4-7-15-10(9)3-6-14-11/h3-4,6-8H,2,5,12H2,1H3,(H,13,14). The number of fused-ring (bicyclic) bond motifs is 1. The molecule has 3 N–H and O–H groups in total. The lowest BCUT2D eigenvalue weighted by atomic mass is 10.2. The Labute approximate surface area is 93.3 Å². The highest BCUT2D eigenvalue weighted by atomic mass is 32.1. The van der Waals surface area contributed by atoms with Crippen molar-refractivity contribution in [3.63, 3.8) is 0 Å². The topological polar surface area (TPSA) is 50.9 Å². The van der Waals surface area contributed by atoms with Crippen molar-refractivity contribution in [3.05, 3.63) is 23.7 Å². The van der Waals surface area contributed by atoms with Crippen molar-refractivity contribution < 1.29 is 0 Å². The molecule has 0 aliphatic rings. The van der Waals surface area contributed by atoms with Crippen LogP contribution in [0.15, 0.2) is 23.7 Å². The minimum absolute atomic E-state index is 0.235. The number of nitrogens with two attached hydrogens (primary N) is 1. The van der Waals surface area contributed by atoms with E-state index in [1.54, 1.807) is 11.3 Å². The fraction of sp³-hybridized carbons (Fsp3) is 0.364. The molecule has 15 heavy (non-hydrogen) atoms. The number of thiophene rings is 1. The van der Waals surface area contributed by atoms with Crippen LogP contribution < -0.4 is 11.1 Å². The molecule has 2 aromatic heterocycles. The van der Waals surface area contributed by atoms with E-state index in [0.29, 0.717) is 0 Å². The van der Waals surface area contributed by atoms with E-state index in [2.05, 4.69) is 21.7 Å². The largest absolute Gasteiger partial charge is 0.369 e. The Kier molecular flexibility index (Phi) is 3.18. The van der Waals surface area contributed by atoms with Crippen LogP contribution in [0.2, 0.25) is 0 Å². The molecule has 0 aromatic carbocycles.